The van der Waals surface area contributed by atoms with Crippen LogP contribution >= 0.6 is 0 Å². The smallest absolute Gasteiger partial charge is 0.0110 e. The van der Waals surface area contributed by atoms with Crippen molar-refractivity contribution in [1.82, 2.24) is 10.2 Å². The summed E-state index contributed by atoms with van der Waals surface area (Å²) >= 11 is 0. The molecular formula is C21H28N2. The van der Waals surface area contributed by atoms with E-state index in [9.17, 15) is 0 Å². The second-order valence-corrected chi connectivity index (χ2v) is 6.59. The zero-order chi connectivity index (χ0) is 15.9. The number of hydrogen-bond acceptors (Lipinski definition) is 2. The van der Waals surface area contributed by atoms with Gasteiger partial charge in [0.15, 0.2) is 0 Å². The Morgan fingerprint density at radius 1 is 0.826 bits per heavy atom. The minimum absolute atomic E-state index is 0.503. The highest BCUT2D eigenvalue weighted by atomic mass is 15.2. The maximum absolute atomic E-state index is 3.44. The third-order valence-corrected chi connectivity index (χ3v) is 5.05. The third kappa shape index (κ3) is 4.43. The molecule has 0 bridgehead atoms. The van der Waals surface area contributed by atoms with Crippen LogP contribution in [-0.2, 0) is 0 Å². The Bertz CT molecular complexity index is 521. The van der Waals surface area contributed by atoms with Crippen LogP contribution < -0.4 is 5.32 Å². The van der Waals surface area contributed by atoms with Crippen molar-refractivity contribution in [3.05, 3.63) is 71.8 Å². The highest BCUT2D eigenvalue weighted by Crippen LogP contribution is 2.30. The molecule has 122 valence electrons. The lowest BCUT2D eigenvalue weighted by molar-refractivity contribution is 0.173. The fraction of sp³-hybridized carbons (Fsp3) is 0.429. The van der Waals surface area contributed by atoms with Crippen molar-refractivity contribution in [2.75, 3.05) is 26.2 Å². The molecule has 1 N–H and O–H groups in total. The molecule has 2 aromatic carbocycles. The molecule has 0 aliphatic carbocycles. The Balaban J connectivity index is 1.69. The van der Waals surface area contributed by atoms with Gasteiger partial charge in [-0.25, -0.2) is 0 Å². The van der Waals surface area contributed by atoms with E-state index in [-0.39, 0.29) is 0 Å². The number of piperazine rings is 1. The summed E-state index contributed by atoms with van der Waals surface area (Å²) in [4.78, 5) is 2.63. The van der Waals surface area contributed by atoms with Gasteiger partial charge < -0.3 is 5.32 Å². The van der Waals surface area contributed by atoms with E-state index in [1.165, 1.54) is 37.1 Å². The number of hydrogen-bond donors (Lipinski definition) is 1. The lowest BCUT2D eigenvalue weighted by atomic mass is 9.86. The van der Waals surface area contributed by atoms with Gasteiger partial charge in [-0.3, -0.25) is 4.90 Å². The zero-order valence-corrected chi connectivity index (χ0v) is 14.1. The Hall–Kier alpha value is -1.64. The third-order valence-electron chi connectivity index (χ3n) is 5.05. The predicted octanol–water partition coefficient (Wildman–Crippen LogP) is 3.89. The maximum Gasteiger partial charge on any atom is 0.0110 e. The fourth-order valence-corrected chi connectivity index (χ4v) is 3.61. The molecule has 0 aromatic heterocycles. The van der Waals surface area contributed by atoms with Gasteiger partial charge in [0, 0.05) is 38.1 Å². The number of nitrogens with one attached hydrogen (secondary N) is 1. The minimum atomic E-state index is 0.503. The van der Waals surface area contributed by atoms with E-state index in [1.807, 2.05) is 0 Å². The predicted molar refractivity (Wildman–Crippen MR) is 97.9 cm³/mol. The van der Waals surface area contributed by atoms with E-state index in [4.69, 9.17) is 0 Å². The van der Waals surface area contributed by atoms with Gasteiger partial charge in [0.25, 0.3) is 0 Å². The van der Waals surface area contributed by atoms with E-state index in [2.05, 4.69) is 77.8 Å². The molecule has 0 radical (unpaired) electrons. The second kappa shape index (κ2) is 8.28. The molecule has 2 nitrogen and oxygen atoms in total. The van der Waals surface area contributed by atoms with Gasteiger partial charge in [-0.05, 0) is 30.9 Å². The Labute approximate surface area is 140 Å². The minimum Gasteiger partial charge on any atom is -0.314 e. The average Bonchev–Trinajstić information content (AvgIpc) is 2.64. The molecule has 2 heteroatoms. The molecule has 0 spiro atoms. The van der Waals surface area contributed by atoms with Crippen LogP contribution in [0.1, 0.15) is 36.8 Å². The quantitative estimate of drug-likeness (QED) is 0.871. The van der Waals surface area contributed by atoms with Gasteiger partial charge in [0.2, 0.25) is 0 Å². The van der Waals surface area contributed by atoms with E-state index >= 15 is 0 Å². The van der Waals surface area contributed by atoms with Crippen molar-refractivity contribution in [3.63, 3.8) is 0 Å². The number of rotatable bonds is 6. The van der Waals surface area contributed by atoms with Crippen LogP contribution in [0.3, 0.4) is 0 Å². The summed E-state index contributed by atoms with van der Waals surface area (Å²) in [5, 5.41) is 3.44. The van der Waals surface area contributed by atoms with Crippen LogP contribution in [0.15, 0.2) is 60.7 Å². The van der Waals surface area contributed by atoms with Crippen LogP contribution in [-0.4, -0.2) is 37.1 Å². The second-order valence-electron chi connectivity index (χ2n) is 6.59. The SMILES string of the molecule is CC(CCC(c1ccccc1)c1ccccc1)N1CCNCC1. The molecule has 1 atom stereocenters. The average molecular weight is 308 g/mol. The Morgan fingerprint density at radius 3 is 1.87 bits per heavy atom. The summed E-state index contributed by atoms with van der Waals surface area (Å²) in [5.74, 6) is 0.503. The number of benzene rings is 2. The molecule has 1 saturated heterocycles. The van der Waals surface area contributed by atoms with Crippen LogP contribution in [0.25, 0.3) is 0 Å². The lowest BCUT2D eigenvalue weighted by Gasteiger charge is -2.33. The normalized spacial score (nSPS) is 17.3. The largest absolute Gasteiger partial charge is 0.314 e. The summed E-state index contributed by atoms with van der Waals surface area (Å²) in [5.41, 5.74) is 2.87. The molecule has 1 fully saturated rings. The van der Waals surface area contributed by atoms with Crippen molar-refractivity contribution in [3.8, 4) is 0 Å². The highest BCUT2D eigenvalue weighted by molar-refractivity contribution is 5.32. The number of nitrogens with zero attached hydrogens (tertiary/aromatic N) is 1. The fourth-order valence-electron chi connectivity index (χ4n) is 3.61. The van der Waals surface area contributed by atoms with E-state index < -0.39 is 0 Å². The molecule has 1 unspecified atom stereocenters. The summed E-state index contributed by atoms with van der Waals surface area (Å²) in [6, 6.07) is 22.6. The van der Waals surface area contributed by atoms with Crippen molar-refractivity contribution >= 4 is 0 Å². The van der Waals surface area contributed by atoms with Crippen molar-refractivity contribution in [2.24, 2.45) is 0 Å². The van der Waals surface area contributed by atoms with Gasteiger partial charge in [-0.15, -0.1) is 0 Å². The van der Waals surface area contributed by atoms with Gasteiger partial charge in [0.05, 0.1) is 0 Å². The first-order valence-corrected chi connectivity index (χ1v) is 8.89. The van der Waals surface area contributed by atoms with Crippen LogP contribution in [0.5, 0.6) is 0 Å². The summed E-state index contributed by atoms with van der Waals surface area (Å²) in [7, 11) is 0. The molecule has 0 saturated carbocycles. The van der Waals surface area contributed by atoms with Gasteiger partial charge in [-0.2, -0.15) is 0 Å². The van der Waals surface area contributed by atoms with Crippen LogP contribution in [0, 0.1) is 0 Å². The van der Waals surface area contributed by atoms with E-state index in [1.54, 1.807) is 0 Å². The monoisotopic (exact) mass is 308 g/mol. The molecule has 1 aliphatic rings. The van der Waals surface area contributed by atoms with Crippen LogP contribution in [0.2, 0.25) is 0 Å². The van der Waals surface area contributed by atoms with Crippen molar-refractivity contribution in [2.45, 2.75) is 31.7 Å². The molecule has 1 aliphatic heterocycles. The first kappa shape index (κ1) is 16.2. The van der Waals surface area contributed by atoms with Gasteiger partial charge >= 0.3 is 0 Å². The molecule has 0 amide bonds. The summed E-state index contributed by atoms with van der Waals surface area (Å²) in [6.45, 7) is 7.01. The summed E-state index contributed by atoms with van der Waals surface area (Å²) in [6.07, 6.45) is 2.45. The lowest BCUT2D eigenvalue weighted by Crippen LogP contribution is -2.47. The van der Waals surface area contributed by atoms with Gasteiger partial charge in [0.1, 0.15) is 0 Å². The van der Waals surface area contributed by atoms with Crippen molar-refractivity contribution in [1.29, 1.82) is 0 Å². The molecule has 2 aromatic rings. The first-order chi connectivity index (χ1) is 11.3. The summed E-state index contributed by atoms with van der Waals surface area (Å²) < 4.78 is 0. The van der Waals surface area contributed by atoms with E-state index in [0.717, 1.165) is 13.1 Å². The van der Waals surface area contributed by atoms with Crippen molar-refractivity contribution < 1.29 is 0 Å². The standard InChI is InChI=1S/C21H28N2/c1-18(23-16-14-22-15-17-23)12-13-21(19-8-4-2-5-9-19)20-10-6-3-7-11-20/h2-11,18,21-22H,12-17H2,1H3. The molecule has 1 heterocycles. The molecule has 23 heavy (non-hydrogen) atoms. The Morgan fingerprint density at radius 2 is 1.35 bits per heavy atom. The topological polar surface area (TPSA) is 15.3 Å². The first-order valence-electron chi connectivity index (χ1n) is 8.89. The van der Waals surface area contributed by atoms with Gasteiger partial charge in [-0.1, -0.05) is 60.7 Å². The zero-order valence-electron chi connectivity index (χ0n) is 14.1. The Kier molecular flexibility index (Phi) is 5.84. The van der Waals surface area contributed by atoms with Crippen LogP contribution in [0.4, 0.5) is 0 Å². The molecule has 3 rings (SSSR count). The van der Waals surface area contributed by atoms with E-state index in [0.29, 0.717) is 12.0 Å². The highest BCUT2D eigenvalue weighted by Gasteiger charge is 2.19. The molecular weight excluding hydrogens is 280 g/mol. The maximum atomic E-state index is 3.44.